The zero-order valence-electron chi connectivity index (χ0n) is 12.5. The number of hydrogen-bond acceptors (Lipinski definition) is 4. The topological polar surface area (TPSA) is 36.3 Å². The van der Waals surface area contributed by atoms with Crippen molar-refractivity contribution in [2.75, 3.05) is 20.2 Å². The summed E-state index contributed by atoms with van der Waals surface area (Å²) in [5.74, 6) is 0.813. The minimum Gasteiger partial charge on any atom is -0.492 e. The van der Waals surface area contributed by atoms with E-state index in [4.69, 9.17) is 10.00 Å². The Balaban J connectivity index is 1.73. The van der Waals surface area contributed by atoms with Crippen LogP contribution in [-0.4, -0.2) is 31.1 Å². The Morgan fingerprint density at radius 2 is 2.05 bits per heavy atom. The molecule has 0 aliphatic heterocycles. The van der Waals surface area contributed by atoms with E-state index in [1.54, 1.807) is 12.1 Å². The van der Waals surface area contributed by atoms with Gasteiger partial charge < -0.3 is 4.74 Å². The molecular formula is C17H20N2OS. The molecule has 0 saturated carbocycles. The summed E-state index contributed by atoms with van der Waals surface area (Å²) in [4.78, 5) is 3.73. The Kier molecular flexibility index (Phi) is 5.79. The molecule has 21 heavy (non-hydrogen) atoms. The summed E-state index contributed by atoms with van der Waals surface area (Å²) in [7, 11) is 2.13. The van der Waals surface area contributed by atoms with Crippen LogP contribution in [0.15, 0.2) is 41.8 Å². The molecule has 0 bridgehead atoms. The molecule has 0 aliphatic carbocycles. The van der Waals surface area contributed by atoms with Crippen LogP contribution in [0.5, 0.6) is 5.75 Å². The third kappa shape index (κ3) is 4.89. The Morgan fingerprint density at radius 1 is 1.29 bits per heavy atom. The van der Waals surface area contributed by atoms with Gasteiger partial charge in [-0.2, -0.15) is 5.26 Å². The minimum atomic E-state index is 0.494. The molecule has 1 heterocycles. The molecule has 0 amide bonds. The molecule has 3 nitrogen and oxygen atoms in total. The van der Waals surface area contributed by atoms with Crippen molar-refractivity contribution in [3.8, 4) is 11.8 Å². The first kappa shape index (κ1) is 15.6. The zero-order valence-corrected chi connectivity index (χ0v) is 13.3. The van der Waals surface area contributed by atoms with Gasteiger partial charge in [-0.05, 0) is 56.1 Å². The zero-order chi connectivity index (χ0) is 15.1. The minimum absolute atomic E-state index is 0.494. The largest absolute Gasteiger partial charge is 0.492 e. The van der Waals surface area contributed by atoms with Crippen LogP contribution in [0.1, 0.15) is 17.4 Å². The molecule has 2 rings (SSSR count). The van der Waals surface area contributed by atoms with Crippen molar-refractivity contribution in [1.82, 2.24) is 4.90 Å². The van der Waals surface area contributed by atoms with Gasteiger partial charge >= 0.3 is 0 Å². The normalized spacial score (nSPS) is 12.1. The third-order valence-electron chi connectivity index (χ3n) is 3.53. The summed E-state index contributed by atoms with van der Waals surface area (Å²) in [6.07, 6.45) is 1.07. The highest BCUT2D eigenvalue weighted by Crippen LogP contribution is 2.14. The quantitative estimate of drug-likeness (QED) is 0.784. The maximum atomic E-state index is 8.75. The van der Waals surface area contributed by atoms with Gasteiger partial charge in [0.05, 0.1) is 11.6 Å². The van der Waals surface area contributed by atoms with Gasteiger partial charge in [-0.25, -0.2) is 0 Å². The van der Waals surface area contributed by atoms with Crippen molar-refractivity contribution in [3.05, 3.63) is 52.2 Å². The number of benzene rings is 1. The van der Waals surface area contributed by atoms with Crippen LogP contribution in [0.3, 0.4) is 0 Å². The van der Waals surface area contributed by atoms with Crippen molar-refractivity contribution in [2.45, 2.75) is 19.4 Å². The second kappa shape index (κ2) is 7.82. The Morgan fingerprint density at radius 3 is 2.67 bits per heavy atom. The van der Waals surface area contributed by atoms with Gasteiger partial charge in [0.25, 0.3) is 0 Å². The summed E-state index contributed by atoms with van der Waals surface area (Å²) < 4.78 is 5.71. The van der Waals surface area contributed by atoms with Crippen molar-refractivity contribution < 1.29 is 4.74 Å². The summed E-state index contributed by atoms with van der Waals surface area (Å²) in [6.45, 7) is 3.77. The molecule has 1 aromatic carbocycles. The average Bonchev–Trinajstić information content (AvgIpc) is 3.00. The molecule has 0 N–H and O–H groups in total. The van der Waals surface area contributed by atoms with E-state index in [1.165, 1.54) is 4.88 Å². The lowest BCUT2D eigenvalue weighted by molar-refractivity contribution is 0.199. The Labute approximate surface area is 130 Å². The highest BCUT2D eigenvalue weighted by Gasteiger charge is 2.10. The van der Waals surface area contributed by atoms with E-state index in [1.807, 2.05) is 23.5 Å². The maximum absolute atomic E-state index is 8.75. The van der Waals surface area contributed by atoms with E-state index in [0.717, 1.165) is 18.7 Å². The average molecular weight is 300 g/mol. The Bertz CT molecular complexity index is 572. The van der Waals surface area contributed by atoms with Crippen molar-refractivity contribution in [2.24, 2.45) is 0 Å². The van der Waals surface area contributed by atoms with Crippen molar-refractivity contribution >= 4 is 11.3 Å². The predicted molar refractivity (Wildman–Crippen MR) is 86.8 cm³/mol. The molecule has 0 spiro atoms. The summed E-state index contributed by atoms with van der Waals surface area (Å²) in [6, 6.07) is 14.1. The summed E-state index contributed by atoms with van der Waals surface area (Å²) in [5, 5.41) is 10.9. The predicted octanol–water partition coefficient (Wildman–Crippen LogP) is 3.56. The molecule has 4 heteroatoms. The first-order valence-electron chi connectivity index (χ1n) is 7.04. The third-order valence-corrected chi connectivity index (χ3v) is 4.42. The highest BCUT2D eigenvalue weighted by atomic mass is 32.1. The fourth-order valence-corrected chi connectivity index (χ4v) is 2.86. The van der Waals surface area contributed by atoms with E-state index in [9.17, 15) is 0 Å². The van der Waals surface area contributed by atoms with Gasteiger partial charge in [0.1, 0.15) is 12.4 Å². The fourth-order valence-electron chi connectivity index (χ4n) is 2.03. The number of nitrogens with zero attached hydrogens (tertiary/aromatic N) is 2. The number of rotatable bonds is 7. The molecule has 0 radical (unpaired) electrons. The van der Waals surface area contributed by atoms with E-state index in [0.29, 0.717) is 18.2 Å². The second-order valence-corrected chi connectivity index (χ2v) is 6.13. The van der Waals surface area contributed by atoms with Crippen molar-refractivity contribution in [1.29, 1.82) is 5.26 Å². The number of thiophene rings is 1. The second-order valence-electron chi connectivity index (χ2n) is 5.10. The van der Waals surface area contributed by atoms with Gasteiger partial charge in [-0.3, -0.25) is 4.90 Å². The van der Waals surface area contributed by atoms with Gasteiger partial charge in [-0.15, -0.1) is 11.3 Å². The summed E-state index contributed by atoms with van der Waals surface area (Å²) in [5.41, 5.74) is 0.657. The molecule has 1 unspecified atom stereocenters. The van der Waals surface area contributed by atoms with Crippen LogP contribution in [-0.2, 0) is 6.42 Å². The van der Waals surface area contributed by atoms with Gasteiger partial charge in [0, 0.05) is 17.5 Å². The molecule has 0 fully saturated rings. The van der Waals surface area contributed by atoms with E-state index in [2.05, 4.69) is 42.5 Å². The lowest BCUT2D eigenvalue weighted by Crippen LogP contribution is -2.34. The van der Waals surface area contributed by atoms with Crippen LogP contribution in [0.4, 0.5) is 0 Å². The standard InChI is InChI=1S/C17H20N2OS/c1-14(12-17-4-3-11-21-17)19(2)9-10-20-16-7-5-15(13-18)6-8-16/h3-8,11,14H,9-10,12H2,1-2H3. The SMILES string of the molecule is CC(Cc1cccs1)N(C)CCOc1ccc(C#N)cc1. The van der Waals surface area contributed by atoms with Gasteiger partial charge in [-0.1, -0.05) is 6.07 Å². The highest BCUT2D eigenvalue weighted by molar-refractivity contribution is 7.09. The molecule has 1 atom stereocenters. The van der Waals surface area contributed by atoms with Crippen LogP contribution >= 0.6 is 11.3 Å². The molecule has 1 aromatic heterocycles. The number of ether oxygens (including phenoxy) is 1. The van der Waals surface area contributed by atoms with E-state index < -0.39 is 0 Å². The van der Waals surface area contributed by atoms with Gasteiger partial charge in [0.2, 0.25) is 0 Å². The Hall–Kier alpha value is -1.83. The van der Waals surface area contributed by atoms with E-state index in [-0.39, 0.29) is 0 Å². The van der Waals surface area contributed by atoms with Gasteiger partial charge in [0.15, 0.2) is 0 Å². The monoisotopic (exact) mass is 300 g/mol. The molecular weight excluding hydrogens is 280 g/mol. The first-order chi connectivity index (χ1) is 10.2. The van der Waals surface area contributed by atoms with Crippen LogP contribution in [0, 0.1) is 11.3 Å². The number of likely N-dealkylation sites (N-methyl/N-ethyl adjacent to an activating group) is 1. The smallest absolute Gasteiger partial charge is 0.119 e. The lowest BCUT2D eigenvalue weighted by Gasteiger charge is -2.24. The molecule has 0 aliphatic rings. The van der Waals surface area contributed by atoms with Crippen molar-refractivity contribution in [3.63, 3.8) is 0 Å². The molecule has 0 saturated heterocycles. The number of hydrogen-bond donors (Lipinski definition) is 0. The van der Waals surface area contributed by atoms with E-state index >= 15 is 0 Å². The first-order valence-corrected chi connectivity index (χ1v) is 7.92. The maximum Gasteiger partial charge on any atom is 0.119 e. The molecule has 2 aromatic rings. The van der Waals surface area contributed by atoms with Crippen LogP contribution in [0.2, 0.25) is 0 Å². The molecule has 110 valence electrons. The lowest BCUT2D eigenvalue weighted by atomic mass is 10.2. The van der Waals surface area contributed by atoms with Crippen LogP contribution in [0.25, 0.3) is 0 Å². The number of nitriles is 1. The summed E-state index contributed by atoms with van der Waals surface area (Å²) >= 11 is 1.81. The van der Waals surface area contributed by atoms with Crippen LogP contribution < -0.4 is 4.74 Å². The fraction of sp³-hybridized carbons (Fsp3) is 0.353.